The van der Waals surface area contributed by atoms with E-state index >= 15 is 0 Å². The standard InChI is InChI=1S/C19H25N5/c1-13-9-14(2)22-18(13)12-24-8-6-16-15(11-24)10-21-19(23-16)17-5-3-4-7-20-17/h9-10,22H,3-8,11-12H2,1-2H3. The lowest BCUT2D eigenvalue weighted by Gasteiger charge is -2.28. The second-order valence-electron chi connectivity index (χ2n) is 7.03. The highest BCUT2D eigenvalue weighted by Gasteiger charge is 2.21. The molecular weight excluding hydrogens is 298 g/mol. The van der Waals surface area contributed by atoms with Crippen molar-refractivity contribution in [2.45, 2.75) is 52.6 Å². The van der Waals surface area contributed by atoms with E-state index in [1.165, 1.54) is 41.1 Å². The largest absolute Gasteiger partial charge is 0.361 e. The first-order chi connectivity index (χ1) is 11.7. The fourth-order valence-electron chi connectivity index (χ4n) is 3.70. The van der Waals surface area contributed by atoms with Gasteiger partial charge in [0.05, 0.1) is 11.4 Å². The predicted octanol–water partition coefficient (Wildman–Crippen LogP) is 2.95. The van der Waals surface area contributed by atoms with Crippen LogP contribution in [0.15, 0.2) is 17.3 Å². The summed E-state index contributed by atoms with van der Waals surface area (Å²) in [5.41, 5.74) is 7.49. The topological polar surface area (TPSA) is 57.2 Å². The van der Waals surface area contributed by atoms with E-state index in [4.69, 9.17) is 4.98 Å². The first-order valence-corrected chi connectivity index (χ1v) is 8.95. The Hall–Kier alpha value is -2.01. The number of aryl methyl sites for hydroxylation is 2. The maximum absolute atomic E-state index is 4.82. The number of fused-ring (bicyclic) bond motifs is 1. The third-order valence-electron chi connectivity index (χ3n) is 5.03. The third kappa shape index (κ3) is 3.13. The van der Waals surface area contributed by atoms with Crippen molar-refractivity contribution in [3.05, 3.63) is 46.3 Å². The number of rotatable bonds is 3. The highest BCUT2D eigenvalue weighted by Crippen LogP contribution is 2.21. The van der Waals surface area contributed by atoms with E-state index in [0.717, 1.165) is 50.6 Å². The summed E-state index contributed by atoms with van der Waals surface area (Å²) in [5, 5.41) is 0. The summed E-state index contributed by atoms with van der Waals surface area (Å²) >= 11 is 0. The Kier molecular flexibility index (Phi) is 4.19. The molecule has 126 valence electrons. The maximum Gasteiger partial charge on any atom is 0.173 e. The number of aliphatic imine (C=N–C) groups is 1. The van der Waals surface area contributed by atoms with Crippen LogP contribution in [0.5, 0.6) is 0 Å². The van der Waals surface area contributed by atoms with Gasteiger partial charge >= 0.3 is 0 Å². The molecule has 5 nitrogen and oxygen atoms in total. The zero-order chi connectivity index (χ0) is 16.5. The van der Waals surface area contributed by atoms with E-state index in [9.17, 15) is 0 Å². The summed E-state index contributed by atoms with van der Waals surface area (Å²) in [5.74, 6) is 0.859. The van der Waals surface area contributed by atoms with E-state index in [2.05, 4.69) is 39.8 Å². The van der Waals surface area contributed by atoms with Crippen molar-refractivity contribution >= 4 is 5.71 Å². The van der Waals surface area contributed by atoms with Crippen molar-refractivity contribution in [2.24, 2.45) is 4.99 Å². The number of aromatic nitrogens is 3. The highest BCUT2D eigenvalue weighted by atomic mass is 15.1. The third-order valence-corrected chi connectivity index (χ3v) is 5.03. The van der Waals surface area contributed by atoms with E-state index in [0.29, 0.717) is 0 Å². The summed E-state index contributed by atoms with van der Waals surface area (Å²) in [7, 11) is 0. The van der Waals surface area contributed by atoms with Crippen molar-refractivity contribution in [3.63, 3.8) is 0 Å². The van der Waals surface area contributed by atoms with Crippen LogP contribution in [0.4, 0.5) is 0 Å². The van der Waals surface area contributed by atoms with Crippen LogP contribution in [0.2, 0.25) is 0 Å². The van der Waals surface area contributed by atoms with Gasteiger partial charge in [-0.2, -0.15) is 0 Å². The molecule has 1 N–H and O–H groups in total. The van der Waals surface area contributed by atoms with Gasteiger partial charge in [0.2, 0.25) is 0 Å². The molecule has 5 heteroatoms. The lowest BCUT2D eigenvalue weighted by Crippen LogP contribution is -2.31. The molecule has 2 aliphatic rings. The molecular formula is C19H25N5. The second kappa shape index (κ2) is 6.48. The second-order valence-corrected chi connectivity index (χ2v) is 7.03. The Bertz CT molecular complexity index is 774. The number of aromatic amines is 1. The van der Waals surface area contributed by atoms with E-state index < -0.39 is 0 Å². The minimum Gasteiger partial charge on any atom is -0.361 e. The Morgan fingerprint density at radius 3 is 2.88 bits per heavy atom. The number of nitrogens with zero attached hydrogens (tertiary/aromatic N) is 4. The summed E-state index contributed by atoms with van der Waals surface area (Å²) in [6.45, 7) is 8.17. The average Bonchev–Trinajstić information content (AvgIpc) is 2.92. The molecule has 0 unspecified atom stereocenters. The molecule has 0 fully saturated rings. The van der Waals surface area contributed by atoms with Crippen molar-refractivity contribution in [1.29, 1.82) is 0 Å². The zero-order valence-electron chi connectivity index (χ0n) is 14.6. The van der Waals surface area contributed by atoms with Gasteiger partial charge in [-0.15, -0.1) is 0 Å². The van der Waals surface area contributed by atoms with Crippen LogP contribution in [0, 0.1) is 13.8 Å². The molecule has 0 amide bonds. The van der Waals surface area contributed by atoms with Gasteiger partial charge < -0.3 is 4.98 Å². The summed E-state index contributed by atoms with van der Waals surface area (Å²) in [6.07, 6.45) is 6.45. The molecule has 0 aromatic carbocycles. The first kappa shape index (κ1) is 15.5. The average molecular weight is 323 g/mol. The molecule has 4 rings (SSSR count). The van der Waals surface area contributed by atoms with Crippen LogP contribution in [0.1, 0.15) is 53.3 Å². The van der Waals surface area contributed by atoms with Crippen molar-refractivity contribution in [1.82, 2.24) is 19.9 Å². The van der Waals surface area contributed by atoms with Gasteiger partial charge in [0.1, 0.15) is 0 Å². The van der Waals surface area contributed by atoms with Crippen LogP contribution >= 0.6 is 0 Å². The molecule has 0 aliphatic carbocycles. The molecule has 0 bridgehead atoms. The fourth-order valence-corrected chi connectivity index (χ4v) is 3.70. The molecule has 2 aromatic heterocycles. The molecule has 0 spiro atoms. The van der Waals surface area contributed by atoms with E-state index in [-0.39, 0.29) is 0 Å². The summed E-state index contributed by atoms with van der Waals surface area (Å²) < 4.78 is 0. The van der Waals surface area contributed by atoms with Gasteiger partial charge in [-0.05, 0) is 44.7 Å². The van der Waals surface area contributed by atoms with Crippen LogP contribution in [-0.4, -0.2) is 38.7 Å². The van der Waals surface area contributed by atoms with Gasteiger partial charge in [0.15, 0.2) is 5.82 Å². The SMILES string of the molecule is Cc1cc(C)c(CN2CCc3nc(C4=NCCCC4)ncc3C2)[nH]1. The number of H-pyrrole nitrogens is 1. The van der Waals surface area contributed by atoms with E-state index in [1.54, 1.807) is 0 Å². The minimum absolute atomic E-state index is 0.859. The minimum atomic E-state index is 0.859. The van der Waals surface area contributed by atoms with Crippen molar-refractivity contribution in [3.8, 4) is 0 Å². The van der Waals surface area contributed by atoms with Crippen LogP contribution in [0.3, 0.4) is 0 Å². The van der Waals surface area contributed by atoms with Crippen LogP contribution in [0.25, 0.3) is 0 Å². The van der Waals surface area contributed by atoms with Crippen LogP contribution in [-0.2, 0) is 19.5 Å². The quantitative estimate of drug-likeness (QED) is 0.945. The first-order valence-electron chi connectivity index (χ1n) is 8.95. The summed E-state index contributed by atoms with van der Waals surface area (Å²) in [4.78, 5) is 20.0. The molecule has 4 heterocycles. The zero-order valence-corrected chi connectivity index (χ0v) is 14.6. The van der Waals surface area contributed by atoms with Crippen LogP contribution < -0.4 is 0 Å². The number of hydrogen-bond donors (Lipinski definition) is 1. The molecule has 2 aromatic rings. The van der Waals surface area contributed by atoms with Gasteiger partial charge in [-0.1, -0.05) is 0 Å². The Morgan fingerprint density at radius 1 is 1.21 bits per heavy atom. The Morgan fingerprint density at radius 2 is 2.12 bits per heavy atom. The molecule has 24 heavy (non-hydrogen) atoms. The van der Waals surface area contributed by atoms with Crippen molar-refractivity contribution < 1.29 is 0 Å². The lowest BCUT2D eigenvalue weighted by atomic mass is 10.1. The predicted molar refractivity (Wildman–Crippen MR) is 95.4 cm³/mol. The molecule has 0 radical (unpaired) electrons. The van der Waals surface area contributed by atoms with Gasteiger partial charge in [-0.3, -0.25) is 9.89 Å². The van der Waals surface area contributed by atoms with Gasteiger partial charge in [0, 0.05) is 55.7 Å². The molecule has 0 atom stereocenters. The maximum atomic E-state index is 4.82. The Labute approximate surface area is 143 Å². The molecule has 0 saturated carbocycles. The van der Waals surface area contributed by atoms with Crippen molar-refractivity contribution in [2.75, 3.05) is 13.1 Å². The Balaban J connectivity index is 1.49. The molecule has 2 aliphatic heterocycles. The molecule has 0 saturated heterocycles. The smallest absolute Gasteiger partial charge is 0.173 e. The normalized spacial score (nSPS) is 18.3. The number of hydrogen-bond acceptors (Lipinski definition) is 4. The number of nitrogens with one attached hydrogen (secondary N) is 1. The monoisotopic (exact) mass is 323 g/mol. The van der Waals surface area contributed by atoms with Gasteiger partial charge in [0.25, 0.3) is 0 Å². The summed E-state index contributed by atoms with van der Waals surface area (Å²) in [6, 6.07) is 2.22. The lowest BCUT2D eigenvalue weighted by molar-refractivity contribution is 0.240. The fraction of sp³-hybridized carbons (Fsp3) is 0.526. The highest BCUT2D eigenvalue weighted by molar-refractivity contribution is 5.97. The van der Waals surface area contributed by atoms with E-state index in [1.807, 2.05) is 6.20 Å². The van der Waals surface area contributed by atoms with Gasteiger partial charge in [-0.25, -0.2) is 9.97 Å².